The van der Waals surface area contributed by atoms with Crippen LogP contribution in [-0.4, -0.2) is 16.3 Å². The first-order chi connectivity index (χ1) is 8.25. The van der Waals surface area contributed by atoms with Crippen molar-refractivity contribution in [3.63, 3.8) is 0 Å². The highest BCUT2D eigenvalue weighted by Gasteiger charge is 2.24. The van der Waals surface area contributed by atoms with E-state index in [1.807, 2.05) is 25.5 Å². The predicted octanol–water partition coefficient (Wildman–Crippen LogP) is 2.51. The molecule has 1 atom stereocenters. The summed E-state index contributed by atoms with van der Waals surface area (Å²) >= 11 is 0. The van der Waals surface area contributed by atoms with Crippen molar-refractivity contribution in [3.8, 4) is 0 Å². The van der Waals surface area contributed by atoms with E-state index in [1.165, 1.54) is 6.07 Å². The third-order valence-electron chi connectivity index (χ3n) is 3.28. The van der Waals surface area contributed by atoms with Crippen LogP contribution in [0.1, 0.15) is 23.5 Å². The van der Waals surface area contributed by atoms with E-state index in [0.717, 1.165) is 24.1 Å². The number of fused-ring (bicyclic) bond motifs is 1. The Kier molecular flexibility index (Phi) is 2.35. The minimum Gasteiger partial charge on any atom is -0.382 e. The van der Waals surface area contributed by atoms with Crippen molar-refractivity contribution in [2.45, 2.75) is 12.3 Å². The molecule has 0 bridgehead atoms. The van der Waals surface area contributed by atoms with Gasteiger partial charge >= 0.3 is 0 Å². The van der Waals surface area contributed by atoms with Gasteiger partial charge in [0.2, 0.25) is 0 Å². The van der Waals surface area contributed by atoms with Gasteiger partial charge in [-0.25, -0.2) is 4.39 Å². The first kappa shape index (κ1) is 10.3. The molecule has 0 saturated heterocycles. The summed E-state index contributed by atoms with van der Waals surface area (Å²) in [5.41, 5.74) is 2.83. The highest BCUT2D eigenvalue weighted by Crippen LogP contribution is 2.37. The van der Waals surface area contributed by atoms with Gasteiger partial charge in [0.25, 0.3) is 0 Å². The number of nitrogens with one attached hydrogen (secondary N) is 1. The number of aryl methyl sites for hydroxylation is 1. The molecule has 3 rings (SSSR count). The maximum atomic E-state index is 13.7. The van der Waals surface area contributed by atoms with E-state index < -0.39 is 0 Å². The average molecular weight is 231 g/mol. The Bertz CT molecular complexity index is 547. The molecule has 4 heteroatoms. The second-order valence-electron chi connectivity index (χ2n) is 4.42. The summed E-state index contributed by atoms with van der Waals surface area (Å²) in [6.45, 7) is 0.799. The molecule has 1 aliphatic rings. The summed E-state index contributed by atoms with van der Waals surface area (Å²) in [6, 6.07) is 5.25. The van der Waals surface area contributed by atoms with Gasteiger partial charge in [-0.3, -0.25) is 4.68 Å². The molecule has 0 fully saturated rings. The fraction of sp³-hybridized carbons (Fsp3) is 0.308. The van der Waals surface area contributed by atoms with Gasteiger partial charge in [-0.1, -0.05) is 12.1 Å². The molecule has 2 aromatic rings. The van der Waals surface area contributed by atoms with Crippen LogP contribution in [0.2, 0.25) is 0 Å². The first-order valence-corrected chi connectivity index (χ1v) is 5.76. The fourth-order valence-electron chi connectivity index (χ4n) is 2.48. The number of rotatable bonds is 1. The van der Waals surface area contributed by atoms with Gasteiger partial charge in [0.15, 0.2) is 0 Å². The third kappa shape index (κ3) is 1.69. The van der Waals surface area contributed by atoms with E-state index in [9.17, 15) is 4.39 Å². The quantitative estimate of drug-likeness (QED) is 0.817. The van der Waals surface area contributed by atoms with Crippen molar-refractivity contribution < 1.29 is 4.39 Å². The van der Waals surface area contributed by atoms with Crippen molar-refractivity contribution in [1.82, 2.24) is 9.78 Å². The number of aromatic nitrogens is 2. The molecular formula is C13H14FN3. The molecule has 88 valence electrons. The molecule has 0 saturated carbocycles. The van der Waals surface area contributed by atoms with E-state index >= 15 is 0 Å². The van der Waals surface area contributed by atoms with E-state index in [0.29, 0.717) is 5.69 Å². The Morgan fingerprint density at radius 2 is 2.35 bits per heavy atom. The van der Waals surface area contributed by atoms with Crippen molar-refractivity contribution in [2.24, 2.45) is 7.05 Å². The van der Waals surface area contributed by atoms with Crippen LogP contribution in [0.4, 0.5) is 10.1 Å². The monoisotopic (exact) mass is 231 g/mol. The number of halogens is 1. The van der Waals surface area contributed by atoms with Gasteiger partial charge in [-0.05, 0) is 23.6 Å². The summed E-state index contributed by atoms with van der Waals surface area (Å²) in [5, 5.41) is 7.32. The largest absolute Gasteiger partial charge is 0.382 e. The summed E-state index contributed by atoms with van der Waals surface area (Å²) in [5.74, 6) is 0.0757. The molecule has 2 heterocycles. The van der Waals surface area contributed by atoms with E-state index in [-0.39, 0.29) is 11.7 Å². The number of hydrogen-bond donors (Lipinski definition) is 1. The molecule has 0 amide bonds. The Balaban J connectivity index is 2.08. The standard InChI is InChI=1S/C13H14FN3/c1-17-8-9(7-16-17)10-5-6-15-13-11(10)3-2-4-12(13)14/h2-4,7-8,10,15H,5-6H2,1H3. The lowest BCUT2D eigenvalue weighted by Gasteiger charge is -2.26. The molecular weight excluding hydrogens is 217 g/mol. The minimum atomic E-state index is -0.170. The lowest BCUT2D eigenvalue weighted by atomic mass is 9.86. The summed E-state index contributed by atoms with van der Waals surface area (Å²) < 4.78 is 15.5. The summed E-state index contributed by atoms with van der Waals surface area (Å²) in [4.78, 5) is 0. The summed E-state index contributed by atoms with van der Waals surface area (Å²) in [7, 11) is 1.90. The maximum Gasteiger partial charge on any atom is 0.146 e. The lowest BCUT2D eigenvalue weighted by molar-refractivity contribution is 0.614. The molecule has 3 nitrogen and oxygen atoms in total. The minimum absolute atomic E-state index is 0.170. The Morgan fingerprint density at radius 1 is 1.47 bits per heavy atom. The van der Waals surface area contributed by atoms with Crippen molar-refractivity contribution in [3.05, 3.63) is 47.5 Å². The number of benzene rings is 1. The van der Waals surface area contributed by atoms with Crippen LogP contribution in [0.5, 0.6) is 0 Å². The van der Waals surface area contributed by atoms with Gasteiger partial charge in [-0.15, -0.1) is 0 Å². The molecule has 17 heavy (non-hydrogen) atoms. The zero-order valence-corrected chi connectivity index (χ0v) is 9.65. The molecule has 1 N–H and O–H groups in total. The van der Waals surface area contributed by atoms with E-state index in [4.69, 9.17) is 0 Å². The van der Waals surface area contributed by atoms with Crippen molar-refractivity contribution in [2.75, 3.05) is 11.9 Å². The molecule has 1 aromatic carbocycles. The topological polar surface area (TPSA) is 29.9 Å². The number of anilines is 1. The van der Waals surface area contributed by atoms with Crippen molar-refractivity contribution >= 4 is 5.69 Å². The molecule has 1 unspecified atom stereocenters. The van der Waals surface area contributed by atoms with Crippen LogP contribution >= 0.6 is 0 Å². The Labute approximate surface area is 99.3 Å². The van der Waals surface area contributed by atoms with Crippen molar-refractivity contribution in [1.29, 1.82) is 0 Å². The Hall–Kier alpha value is -1.84. The zero-order valence-electron chi connectivity index (χ0n) is 9.65. The van der Waals surface area contributed by atoms with Crippen LogP contribution in [0, 0.1) is 5.82 Å². The van der Waals surface area contributed by atoms with E-state index in [2.05, 4.69) is 10.4 Å². The van der Waals surface area contributed by atoms with Gasteiger partial charge < -0.3 is 5.32 Å². The van der Waals surface area contributed by atoms with Gasteiger partial charge in [-0.2, -0.15) is 5.10 Å². The Morgan fingerprint density at radius 3 is 3.12 bits per heavy atom. The lowest BCUT2D eigenvalue weighted by Crippen LogP contribution is -2.18. The van der Waals surface area contributed by atoms with Crippen LogP contribution in [-0.2, 0) is 7.05 Å². The first-order valence-electron chi connectivity index (χ1n) is 5.76. The molecule has 0 spiro atoms. The molecule has 1 aromatic heterocycles. The van der Waals surface area contributed by atoms with Gasteiger partial charge in [0.05, 0.1) is 11.9 Å². The van der Waals surface area contributed by atoms with Crippen LogP contribution in [0.3, 0.4) is 0 Å². The molecule has 1 aliphatic heterocycles. The zero-order chi connectivity index (χ0) is 11.8. The smallest absolute Gasteiger partial charge is 0.146 e. The normalized spacial score (nSPS) is 18.6. The van der Waals surface area contributed by atoms with Crippen LogP contribution < -0.4 is 5.32 Å². The number of nitrogens with zero attached hydrogens (tertiary/aromatic N) is 2. The maximum absolute atomic E-state index is 13.7. The van der Waals surface area contributed by atoms with Crippen LogP contribution in [0.15, 0.2) is 30.6 Å². The highest BCUT2D eigenvalue weighted by atomic mass is 19.1. The number of hydrogen-bond acceptors (Lipinski definition) is 2. The molecule has 0 aliphatic carbocycles. The molecule has 0 radical (unpaired) electrons. The van der Waals surface area contributed by atoms with Crippen LogP contribution in [0.25, 0.3) is 0 Å². The van der Waals surface area contributed by atoms with Gasteiger partial charge in [0, 0.05) is 25.7 Å². The second-order valence-corrected chi connectivity index (χ2v) is 4.42. The van der Waals surface area contributed by atoms with Gasteiger partial charge in [0.1, 0.15) is 5.82 Å². The highest BCUT2D eigenvalue weighted by molar-refractivity contribution is 5.58. The predicted molar refractivity (Wildman–Crippen MR) is 64.6 cm³/mol. The summed E-state index contributed by atoms with van der Waals surface area (Å²) in [6.07, 6.45) is 4.84. The fourth-order valence-corrected chi connectivity index (χ4v) is 2.48. The average Bonchev–Trinajstić information content (AvgIpc) is 2.76. The SMILES string of the molecule is Cn1cc(C2CCNc3c(F)cccc32)cn1. The number of para-hydroxylation sites is 1. The second kappa shape index (κ2) is 3.87. The van der Waals surface area contributed by atoms with E-state index in [1.54, 1.807) is 10.7 Å². The third-order valence-corrected chi connectivity index (χ3v) is 3.28.